The van der Waals surface area contributed by atoms with Crippen molar-refractivity contribution in [1.82, 2.24) is 9.78 Å². The second-order valence-corrected chi connectivity index (χ2v) is 4.68. The first-order valence-electron chi connectivity index (χ1n) is 6.18. The van der Waals surface area contributed by atoms with Crippen molar-refractivity contribution in [3.8, 4) is 0 Å². The zero-order valence-corrected chi connectivity index (χ0v) is 9.82. The monoisotopic (exact) mass is 238 g/mol. The van der Waals surface area contributed by atoms with Crippen LogP contribution in [-0.4, -0.2) is 20.9 Å². The van der Waals surface area contributed by atoms with Crippen LogP contribution in [0, 0.1) is 0 Å². The predicted octanol–water partition coefficient (Wildman–Crippen LogP) is 1.70. The second kappa shape index (κ2) is 5.21. The Kier molecular flexibility index (Phi) is 3.66. The number of H-pyrrole nitrogens is 1. The third-order valence-corrected chi connectivity index (χ3v) is 3.40. The van der Waals surface area contributed by atoms with Crippen LogP contribution < -0.4 is 5.56 Å². The predicted molar refractivity (Wildman–Crippen MR) is 63.1 cm³/mol. The molecule has 0 bridgehead atoms. The number of carboxylic acids is 1. The molecule has 2 N–H and O–H groups in total. The Morgan fingerprint density at radius 2 is 2.12 bits per heavy atom. The summed E-state index contributed by atoms with van der Waals surface area (Å²) >= 11 is 0. The van der Waals surface area contributed by atoms with Gasteiger partial charge >= 0.3 is 5.97 Å². The van der Waals surface area contributed by atoms with E-state index >= 15 is 0 Å². The number of carboxylic acid groups (broad SMARTS) is 1. The highest BCUT2D eigenvalue weighted by Gasteiger charge is 2.18. The summed E-state index contributed by atoms with van der Waals surface area (Å²) in [6.07, 6.45) is 5.93. The SMILES string of the molecule is O=C(O)CCn1[nH]c(C2CCCCC2)cc1=O. The summed E-state index contributed by atoms with van der Waals surface area (Å²) in [5, 5.41) is 11.6. The third kappa shape index (κ3) is 2.99. The Bertz CT molecular complexity index is 441. The lowest BCUT2D eigenvalue weighted by atomic mass is 9.87. The molecule has 5 heteroatoms. The van der Waals surface area contributed by atoms with Crippen molar-refractivity contribution in [2.45, 2.75) is 51.0 Å². The van der Waals surface area contributed by atoms with Crippen LogP contribution in [0.3, 0.4) is 0 Å². The fourth-order valence-corrected chi connectivity index (χ4v) is 2.45. The fraction of sp³-hybridized carbons (Fsp3) is 0.667. The molecule has 1 heterocycles. The number of aromatic nitrogens is 2. The molecule has 0 saturated heterocycles. The number of carbonyl (C=O) groups is 1. The Morgan fingerprint density at radius 1 is 1.41 bits per heavy atom. The number of rotatable bonds is 4. The lowest BCUT2D eigenvalue weighted by Crippen LogP contribution is -2.17. The maximum Gasteiger partial charge on any atom is 0.305 e. The van der Waals surface area contributed by atoms with Crippen LogP contribution in [0.5, 0.6) is 0 Å². The fourth-order valence-electron chi connectivity index (χ4n) is 2.45. The van der Waals surface area contributed by atoms with E-state index in [0.29, 0.717) is 5.92 Å². The van der Waals surface area contributed by atoms with Crippen molar-refractivity contribution < 1.29 is 9.90 Å². The summed E-state index contributed by atoms with van der Waals surface area (Å²) in [7, 11) is 0. The molecule has 1 fully saturated rings. The topological polar surface area (TPSA) is 75.1 Å². The molecule has 17 heavy (non-hydrogen) atoms. The average molecular weight is 238 g/mol. The van der Waals surface area contributed by atoms with Gasteiger partial charge in [-0.2, -0.15) is 0 Å². The van der Waals surface area contributed by atoms with E-state index in [2.05, 4.69) is 5.10 Å². The standard InChI is InChI=1S/C12H18N2O3/c15-11-8-10(9-4-2-1-3-5-9)13-14(11)7-6-12(16)17/h8-9,13H,1-7H2,(H,16,17). The van der Waals surface area contributed by atoms with Gasteiger partial charge in [0.25, 0.3) is 5.56 Å². The Balaban J connectivity index is 2.06. The van der Waals surface area contributed by atoms with Gasteiger partial charge in [0, 0.05) is 17.7 Å². The maximum absolute atomic E-state index is 11.6. The van der Waals surface area contributed by atoms with Crippen molar-refractivity contribution in [3.63, 3.8) is 0 Å². The molecule has 0 amide bonds. The van der Waals surface area contributed by atoms with Crippen LogP contribution in [0.4, 0.5) is 0 Å². The number of aliphatic carboxylic acids is 1. The minimum absolute atomic E-state index is 0.0233. The Hall–Kier alpha value is -1.52. The van der Waals surface area contributed by atoms with E-state index < -0.39 is 5.97 Å². The number of nitrogens with zero attached hydrogens (tertiary/aromatic N) is 1. The first kappa shape index (κ1) is 12.0. The number of aryl methyl sites for hydroxylation is 1. The molecule has 0 radical (unpaired) electrons. The van der Waals surface area contributed by atoms with Gasteiger partial charge in [0.1, 0.15) is 0 Å². The molecular weight excluding hydrogens is 220 g/mol. The zero-order valence-electron chi connectivity index (χ0n) is 9.82. The van der Waals surface area contributed by atoms with Gasteiger partial charge in [0.15, 0.2) is 0 Å². The number of hydrogen-bond donors (Lipinski definition) is 2. The normalized spacial score (nSPS) is 17.2. The van der Waals surface area contributed by atoms with Gasteiger partial charge in [-0.05, 0) is 12.8 Å². The molecule has 1 saturated carbocycles. The lowest BCUT2D eigenvalue weighted by molar-refractivity contribution is -0.137. The largest absolute Gasteiger partial charge is 0.481 e. The van der Waals surface area contributed by atoms with Crippen LogP contribution in [-0.2, 0) is 11.3 Å². The Labute approximate surface area is 99.4 Å². The molecule has 0 unspecified atom stereocenters. The molecule has 1 aromatic heterocycles. The zero-order chi connectivity index (χ0) is 12.3. The highest BCUT2D eigenvalue weighted by atomic mass is 16.4. The van der Waals surface area contributed by atoms with Crippen LogP contribution >= 0.6 is 0 Å². The third-order valence-electron chi connectivity index (χ3n) is 3.40. The van der Waals surface area contributed by atoms with Gasteiger partial charge in [-0.1, -0.05) is 19.3 Å². The lowest BCUT2D eigenvalue weighted by Gasteiger charge is -2.19. The first-order chi connectivity index (χ1) is 8.16. The van der Waals surface area contributed by atoms with Gasteiger partial charge < -0.3 is 5.11 Å². The van der Waals surface area contributed by atoms with Gasteiger partial charge in [-0.25, -0.2) is 0 Å². The number of aromatic amines is 1. The first-order valence-corrected chi connectivity index (χ1v) is 6.18. The number of nitrogens with one attached hydrogen (secondary N) is 1. The van der Waals surface area contributed by atoms with Gasteiger partial charge in [0.2, 0.25) is 0 Å². The van der Waals surface area contributed by atoms with E-state index in [0.717, 1.165) is 18.5 Å². The average Bonchev–Trinajstić information content (AvgIpc) is 2.69. The van der Waals surface area contributed by atoms with Crippen molar-refractivity contribution >= 4 is 5.97 Å². The van der Waals surface area contributed by atoms with Crippen LogP contribution in [0.2, 0.25) is 0 Å². The smallest absolute Gasteiger partial charge is 0.305 e. The van der Waals surface area contributed by atoms with Crippen molar-refractivity contribution in [3.05, 3.63) is 22.1 Å². The van der Waals surface area contributed by atoms with Crippen LogP contribution in [0.25, 0.3) is 0 Å². The second-order valence-electron chi connectivity index (χ2n) is 4.68. The molecule has 1 aliphatic rings. The summed E-state index contributed by atoms with van der Waals surface area (Å²) in [5.41, 5.74) is 0.854. The van der Waals surface area contributed by atoms with E-state index in [9.17, 15) is 9.59 Å². The molecule has 2 rings (SSSR count). The molecule has 1 aromatic rings. The highest BCUT2D eigenvalue weighted by molar-refractivity contribution is 5.66. The van der Waals surface area contributed by atoms with E-state index in [1.807, 2.05) is 0 Å². The summed E-state index contributed by atoms with van der Waals surface area (Å²) in [6.45, 7) is 0.223. The minimum Gasteiger partial charge on any atom is -0.481 e. The summed E-state index contributed by atoms with van der Waals surface area (Å²) in [4.78, 5) is 22.1. The van der Waals surface area contributed by atoms with Crippen LogP contribution in [0.15, 0.2) is 10.9 Å². The summed E-state index contributed by atoms with van der Waals surface area (Å²) < 4.78 is 1.40. The minimum atomic E-state index is -0.884. The van der Waals surface area contributed by atoms with Gasteiger partial charge in [-0.15, -0.1) is 0 Å². The van der Waals surface area contributed by atoms with E-state index in [1.54, 1.807) is 6.07 Å². The van der Waals surface area contributed by atoms with Gasteiger partial charge in [0.05, 0.1) is 13.0 Å². The van der Waals surface area contributed by atoms with E-state index in [1.165, 1.54) is 23.9 Å². The molecular formula is C12H18N2O3. The number of hydrogen-bond acceptors (Lipinski definition) is 2. The highest BCUT2D eigenvalue weighted by Crippen LogP contribution is 2.30. The van der Waals surface area contributed by atoms with E-state index in [4.69, 9.17) is 5.11 Å². The molecule has 0 aromatic carbocycles. The van der Waals surface area contributed by atoms with Crippen LogP contribution in [0.1, 0.15) is 50.1 Å². The summed E-state index contributed by atoms with van der Waals surface area (Å²) in [6, 6.07) is 1.62. The van der Waals surface area contributed by atoms with Gasteiger partial charge in [-0.3, -0.25) is 19.4 Å². The van der Waals surface area contributed by atoms with Crippen molar-refractivity contribution in [2.75, 3.05) is 0 Å². The molecule has 5 nitrogen and oxygen atoms in total. The Morgan fingerprint density at radius 3 is 2.76 bits per heavy atom. The maximum atomic E-state index is 11.6. The van der Waals surface area contributed by atoms with Crippen molar-refractivity contribution in [1.29, 1.82) is 0 Å². The summed E-state index contributed by atoms with van der Waals surface area (Å²) in [5.74, 6) is -0.437. The molecule has 94 valence electrons. The molecule has 1 aliphatic carbocycles. The van der Waals surface area contributed by atoms with Crippen molar-refractivity contribution in [2.24, 2.45) is 0 Å². The molecule has 0 atom stereocenters. The molecule has 0 aliphatic heterocycles. The quantitative estimate of drug-likeness (QED) is 0.838. The molecule has 0 spiro atoms. The van der Waals surface area contributed by atoms with E-state index in [-0.39, 0.29) is 18.5 Å².